The van der Waals surface area contributed by atoms with E-state index in [4.69, 9.17) is 9.47 Å². The van der Waals surface area contributed by atoms with Gasteiger partial charge in [0.25, 0.3) is 0 Å². The number of aromatic nitrogens is 2. The summed E-state index contributed by atoms with van der Waals surface area (Å²) in [7, 11) is 1.64. The van der Waals surface area contributed by atoms with Crippen LogP contribution < -0.4 is 14.9 Å². The van der Waals surface area contributed by atoms with Crippen molar-refractivity contribution >= 4 is 23.2 Å². The first kappa shape index (κ1) is 17.8. The van der Waals surface area contributed by atoms with E-state index in [-0.39, 0.29) is 0 Å². The Morgan fingerprint density at radius 2 is 2.04 bits per heavy atom. The SMILES string of the molecule is COc1cc(/C=N\Nc2nc3ccccc3[nH]2)ccc1OCCC(C)C. The van der Waals surface area contributed by atoms with Crippen molar-refractivity contribution in [3.05, 3.63) is 48.0 Å². The largest absolute Gasteiger partial charge is 0.493 e. The van der Waals surface area contributed by atoms with Crippen LogP contribution in [0.2, 0.25) is 0 Å². The number of rotatable bonds is 8. The Hall–Kier alpha value is -3.02. The Bertz CT molecular complexity index is 853. The second-order valence-electron chi connectivity index (χ2n) is 6.41. The maximum absolute atomic E-state index is 5.80. The van der Waals surface area contributed by atoms with Crippen molar-refractivity contribution < 1.29 is 9.47 Å². The van der Waals surface area contributed by atoms with E-state index in [0.29, 0.717) is 24.2 Å². The molecular weight excluding hydrogens is 328 g/mol. The number of nitrogens with one attached hydrogen (secondary N) is 2. The number of ether oxygens (including phenoxy) is 2. The van der Waals surface area contributed by atoms with E-state index in [1.807, 2.05) is 42.5 Å². The molecule has 3 aromatic rings. The van der Waals surface area contributed by atoms with Crippen molar-refractivity contribution in [1.29, 1.82) is 0 Å². The Morgan fingerprint density at radius 1 is 1.19 bits per heavy atom. The van der Waals surface area contributed by atoms with Gasteiger partial charge in [0, 0.05) is 0 Å². The molecule has 0 amide bonds. The third-order valence-corrected chi connectivity index (χ3v) is 3.91. The lowest BCUT2D eigenvalue weighted by Crippen LogP contribution is -2.03. The highest BCUT2D eigenvalue weighted by Crippen LogP contribution is 2.28. The molecular formula is C20H24N4O2. The predicted octanol–water partition coefficient (Wildman–Crippen LogP) is 4.44. The minimum absolute atomic E-state index is 0.600. The van der Waals surface area contributed by atoms with Crippen LogP contribution in [-0.4, -0.2) is 29.9 Å². The first-order valence-electron chi connectivity index (χ1n) is 8.70. The molecule has 0 atom stereocenters. The fourth-order valence-corrected chi connectivity index (χ4v) is 2.46. The highest BCUT2D eigenvalue weighted by Gasteiger charge is 2.06. The number of para-hydroxylation sites is 2. The predicted molar refractivity (Wildman–Crippen MR) is 105 cm³/mol. The van der Waals surface area contributed by atoms with Gasteiger partial charge in [-0.05, 0) is 48.2 Å². The van der Waals surface area contributed by atoms with E-state index >= 15 is 0 Å². The zero-order chi connectivity index (χ0) is 18.4. The van der Waals surface area contributed by atoms with Crippen LogP contribution in [0.25, 0.3) is 11.0 Å². The summed E-state index contributed by atoms with van der Waals surface area (Å²) in [6.45, 7) is 5.03. The van der Waals surface area contributed by atoms with Crippen LogP contribution in [0.15, 0.2) is 47.6 Å². The summed E-state index contributed by atoms with van der Waals surface area (Å²) in [5.41, 5.74) is 5.68. The standard InChI is InChI=1S/C20H24N4O2/c1-14(2)10-11-26-18-9-8-15(12-19(18)25-3)13-21-24-20-22-16-6-4-5-7-17(16)23-20/h4-9,12-14H,10-11H2,1-3H3,(H2,22,23,24)/b21-13-. The summed E-state index contributed by atoms with van der Waals surface area (Å²) in [6, 6.07) is 13.6. The summed E-state index contributed by atoms with van der Waals surface area (Å²) in [5, 5.41) is 4.23. The Labute approximate surface area is 153 Å². The number of fused-ring (bicyclic) bond motifs is 1. The van der Waals surface area contributed by atoms with Gasteiger partial charge < -0.3 is 14.5 Å². The normalized spacial score (nSPS) is 11.4. The maximum Gasteiger partial charge on any atom is 0.222 e. The minimum Gasteiger partial charge on any atom is -0.493 e. The van der Waals surface area contributed by atoms with Crippen LogP contribution in [0.3, 0.4) is 0 Å². The molecule has 0 spiro atoms. The van der Waals surface area contributed by atoms with Gasteiger partial charge in [-0.25, -0.2) is 10.4 Å². The van der Waals surface area contributed by atoms with E-state index in [2.05, 4.69) is 34.3 Å². The number of hydrogen-bond acceptors (Lipinski definition) is 5. The van der Waals surface area contributed by atoms with Gasteiger partial charge in [-0.3, -0.25) is 0 Å². The van der Waals surface area contributed by atoms with E-state index < -0.39 is 0 Å². The van der Waals surface area contributed by atoms with Gasteiger partial charge >= 0.3 is 0 Å². The van der Waals surface area contributed by atoms with Crippen molar-refractivity contribution in [3.8, 4) is 11.5 Å². The number of benzene rings is 2. The lowest BCUT2D eigenvalue weighted by Gasteiger charge is -2.12. The monoisotopic (exact) mass is 352 g/mol. The van der Waals surface area contributed by atoms with Crippen LogP contribution in [0.1, 0.15) is 25.8 Å². The number of H-pyrrole nitrogens is 1. The van der Waals surface area contributed by atoms with E-state index in [0.717, 1.165) is 28.8 Å². The van der Waals surface area contributed by atoms with Crippen LogP contribution in [0.5, 0.6) is 11.5 Å². The van der Waals surface area contributed by atoms with Gasteiger partial charge in [-0.1, -0.05) is 26.0 Å². The fraction of sp³-hybridized carbons (Fsp3) is 0.300. The summed E-state index contributed by atoms with van der Waals surface area (Å²) in [5.74, 6) is 2.65. The number of hydrazone groups is 1. The molecule has 3 rings (SSSR count). The highest BCUT2D eigenvalue weighted by molar-refractivity contribution is 5.82. The van der Waals surface area contributed by atoms with Crippen molar-refractivity contribution in [3.63, 3.8) is 0 Å². The Morgan fingerprint density at radius 3 is 2.81 bits per heavy atom. The smallest absolute Gasteiger partial charge is 0.222 e. The van der Waals surface area contributed by atoms with Gasteiger partial charge in [0.2, 0.25) is 5.95 Å². The van der Waals surface area contributed by atoms with Crippen LogP contribution in [-0.2, 0) is 0 Å². The summed E-state index contributed by atoms with van der Waals surface area (Å²) in [6.07, 6.45) is 2.72. The van der Waals surface area contributed by atoms with Crippen molar-refractivity contribution in [2.45, 2.75) is 20.3 Å². The first-order valence-corrected chi connectivity index (χ1v) is 8.70. The summed E-state index contributed by atoms with van der Waals surface area (Å²) in [4.78, 5) is 7.58. The third kappa shape index (κ3) is 4.53. The molecule has 0 aliphatic carbocycles. The number of anilines is 1. The molecule has 2 N–H and O–H groups in total. The maximum atomic E-state index is 5.80. The Balaban J connectivity index is 1.64. The highest BCUT2D eigenvalue weighted by atomic mass is 16.5. The molecule has 26 heavy (non-hydrogen) atoms. The van der Waals surface area contributed by atoms with Crippen LogP contribution in [0, 0.1) is 5.92 Å². The number of aromatic amines is 1. The molecule has 0 unspecified atom stereocenters. The second kappa shape index (κ2) is 8.38. The van der Waals surface area contributed by atoms with Gasteiger partial charge in [-0.2, -0.15) is 5.10 Å². The molecule has 0 saturated carbocycles. The average molecular weight is 352 g/mol. The third-order valence-electron chi connectivity index (χ3n) is 3.91. The average Bonchev–Trinajstić information content (AvgIpc) is 3.05. The van der Waals surface area contributed by atoms with Gasteiger partial charge in [0.1, 0.15) is 0 Å². The molecule has 6 heteroatoms. The summed E-state index contributed by atoms with van der Waals surface area (Å²) >= 11 is 0. The van der Waals surface area contributed by atoms with E-state index in [1.165, 1.54) is 0 Å². The number of imidazole rings is 1. The van der Waals surface area contributed by atoms with Crippen LogP contribution in [0.4, 0.5) is 5.95 Å². The van der Waals surface area contributed by atoms with Crippen molar-refractivity contribution in [2.75, 3.05) is 19.1 Å². The molecule has 0 aliphatic heterocycles. The molecule has 1 heterocycles. The zero-order valence-electron chi connectivity index (χ0n) is 15.3. The quantitative estimate of drug-likeness (QED) is 0.464. The number of methoxy groups -OCH3 is 1. The van der Waals surface area contributed by atoms with Crippen LogP contribution >= 0.6 is 0 Å². The molecule has 0 fully saturated rings. The van der Waals surface area contributed by atoms with Gasteiger partial charge in [0.05, 0.1) is 31.0 Å². The lowest BCUT2D eigenvalue weighted by molar-refractivity contribution is 0.273. The molecule has 136 valence electrons. The molecule has 0 bridgehead atoms. The first-order chi connectivity index (χ1) is 12.7. The minimum atomic E-state index is 0.600. The molecule has 2 aromatic carbocycles. The number of hydrogen-bond donors (Lipinski definition) is 2. The van der Waals surface area contributed by atoms with Gasteiger partial charge in [0.15, 0.2) is 11.5 Å². The van der Waals surface area contributed by atoms with Gasteiger partial charge in [-0.15, -0.1) is 0 Å². The number of nitrogens with zero attached hydrogens (tertiary/aromatic N) is 2. The van der Waals surface area contributed by atoms with Crippen molar-refractivity contribution in [2.24, 2.45) is 11.0 Å². The molecule has 0 radical (unpaired) electrons. The second-order valence-corrected chi connectivity index (χ2v) is 6.41. The lowest BCUT2D eigenvalue weighted by atomic mass is 10.1. The molecule has 1 aromatic heterocycles. The molecule has 0 aliphatic rings. The topological polar surface area (TPSA) is 71.5 Å². The molecule has 6 nitrogen and oxygen atoms in total. The van der Waals surface area contributed by atoms with Crippen molar-refractivity contribution in [1.82, 2.24) is 9.97 Å². The van der Waals surface area contributed by atoms with E-state index in [1.54, 1.807) is 13.3 Å². The summed E-state index contributed by atoms with van der Waals surface area (Å²) < 4.78 is 11.2. The van der Waals surface area contributed by atoms with E-state index in [9.17, 15) is 0 Å². The molecule has 0 saturated heterocycles. The Kier molecular flexibility index (Phi) is 5.73. The zero-order valence-corrected chi connectivity index (χ0v) is 15.3. The fourth-order valence-electron chi connectivity index (χ4n) is 2.46.